The minimum atomic E-state index is -0.263. The Bertz CT molecular complexity index is 897. The number of nitrogens with zero attached hydrogens (tertiary/aromatic N) is 1. The number of nitrogens with two attached hydrogens (primary N) is 1. The highest BCUT2D eigenvalue weighted by Crippen LogP contribution is 2.30. The van der Waals surface area contributed by atoms with Gasteiger partial charge in [0.05, 0.1) is 5.71 Å². The zero-order valence-corrected chi connectivity index (χ0v) is 16.6. The molecule has 4 N–H and O–H groups in total. The first-order valence-electron chi connectivity index (χ1n) is 9.02. The minimum Gasteiger partial charge on any atom is -0.455 e. The van der Waals surface area contributed by atoms with Crippen LogP contribution in [-0.2, 0) is 6.42 Å². The number of carbonyl (C=O) groups excluding carboxylic acids is 1. The SMILES string of the molecule is Cc1c(C(=O)Nc2ccc(C(C)C)cc2)oc2c1/C(=N/NC(N)=S)CCC2. The van der Waals surface area contributed by atoms with Crippen LogP contribution in [0.2, 0.25) is 0 Å². The third kappa shape index (κ3) is 4.19. The Morgan fingerprint density at radius 3 is 2.59 bits per heavy atom. The number of hydrazone groups is 1. The van der Waals surface area contributed by atoms with Crippen LogP contribution in [0, 0.1) is 6.92 Å². The molecule has 0 radical (unpaired) electrons. The van der Waals surface area contributed by atoms with E-state index >= 15 is 0 Å². The Morgan fingerprint density at radius 2 is 1.96 bits per heavy atom. The summed E-state index contributed by atoms with van der Waals surface area (Å²) in [5.74, 6) is 1.28. The average molecular weight is 385 g/mol. The summed E-state index contributed by atoms with van der Waals surface area (Å²) in [6.07, 6.45) is 2.45. The molecule has 7 heteroatoms. The lowest BCUT2D eigenvalue weighted by atomic mass is 9.93. The lowest BCUT2D eigenvalue weighted by Crippen LogP contribution is -2.26. The number of furan rings is 1. The molecule has 1 aliphatic carbocycles. The Hall–Kier alpha value is -2.67. The predicted molar refractivity (Wildman–Crippen MR) is 111 cm³/mol. The molecule has 6 nitrogen and oxygen atoms in total. The molecule has 0 spiro atoms. The van der Waals surface area contributed by atoms with Gasteiger partial charge in [0.1, 0.15) is 5.76 Å². The van der Waals surface area contributed by atoms with Crippen LogP contribution in [0.25, 0.3) is 0 Å². The summed E-state index contributed by atoms with van der Waals surface area (Å²) in [5, 5.41) is 7.30. The number of rotatable bonds is 4. The molecule has 1 heterocycles. The molecule has 0 aliphatic heterocycles. The lowest BCUT2D eigenvalue weighted by molar-refractivity contribution is 0.0994. The van der Waals surface area contributed by atoms with Crippen LogP contribution in [0.4, 0.5) is 5.69 Å². The van der Waals surface area contributed by atoms with E-state index in [1.807, 2.05) is 31.2 Å². The highest BCUT2D eigenvalue weighted by Gasteiger charge is 2.28. The fourth-order valence-corrected chi connectivity index (χ4v) is 3.30. The molecule has 1 aromatic carbocycles. The van der Waals surface area contributed by atoms with Crippen LogP contribution >= 0.6 is 12.2 Å². The van der Waals surface area contributed by atoms with Crippen LogP contribution in [0.15, 0.2) is 33.8 Å². The summed E-state index contributed by atoms with van der Waals surface area (Å²) in [6, 6.07) is 7.85. The van der Waals surface area contributed by atoms with Crippen molar-refractivity contribution >= 4 is 34.6 Å². The topological polar surface area (TPSA) is 92.6 Å². The first-order valence-corrected chi connectivity index (χ1v) is 9.43. The molecule has 2 aromatic rings. The highest BCUT2D eigenvalue weighted by atomic mass is 32.1. The number of nitrogens with one attached hydrogen (secondary N) is 2. The van der Waals surface area contributed by atoms with Crippen molar-refractivity contribution in [2.75, 3.05) is 5.32 Å². The van der Waals surface area contributed by atoms with Crippen molar-refractivity contribution in [2.45, 2.75) is 46.0 Å². The molecule has 0 saturated carbocycles. The van der Waals surface area contributed by atoms with E-state index in [-0.39, 0.29) is 11.0 Å². The second-order valence-corrected chi connectivity index (χ2v) is 7.41. The van der Waals surface area contributed by atoms with Gasteiger partial charge in [-0.2, -0.15) is 5.10 Å². The maximum absolute atomic E-state index is 12.7. The van der Waals surface area contributed by atoms with Gasteiger partial charge < -0.3 is 15.5 Å². The molecule has 27 heavy (non-hydrogen) atoms. The van der Waals surface area contributed by atoms with Gasteiger partial charge in [-0.25, -0.2) is 0 Å². The summed E-state index contributed by atoms with van der Waals surface area (Å²) in [6.45, 7) is 6.14. The first-order chi connectivity index (χ1) is 12.9. The zero-order chi connectivity index (χ0) is 19.6. The van der Waals surface area contributed by atoms with E-state index in [9.17, 15) is 4.79 Å². The Labute approximate surface area is 164 Å². The Kier molecular flexibility index (Phi) is 5.60. The van der Waals surface area contributed by atoms with Crippen molar-refractivity contribution in [3.8, 4) is 0 Å². The van der Waals surface area contributed by atoms with E-state index in [1.165, 1.54) is 5.56 Å². The van der Waals surface area contributed by atoms with E-state index in [0.29, 0.717) is 11.7 Å². The smallest absolute Gasteiger partial charge is 0.291 e. The van der Waals surface area contributed by atoms with Crippen molar-refractivity contribution in [1.29, 1.82) is 0 Å². The molecule has 3 rings (SSSR count). The molecule has 0 saturated heterocycles. The average Bonchev–Trinajstić information content (AvgIpc) is 2.98. The maximum atomic E-state index is 12.7. The van der Waals surface area contributed by atoms with Gasteiger partial charge in [0.2, 0.25) is 0 Å². The van der Waals surface area contributed by atoms with E-state index in [4.69, 9.17) is 22.4 Å². The second kappa shape index (κ2) is 7.92. The molecule has 1 aromatic heterocycles. The zero-order valence-electron chi connectivity index (χ0n) is 15.8. The van der Waals surface area contributed by atoms with Crippen LogP contribution in [-0.4, -0.2) is 16.7 Å². The number of benzene rings is 1. The number of carbonyl (C=O) groups is 1. The van der Waals surface area contributed by atoms with Crippen LogP contribution < -0.4 is 16.5 Å². The highest BCUT2D eigenvalue weighted by molar-refractivity contribution is 7.80. The van der Waals surface area contributed by atoms with E-state index in [2.05, 4.69) is 29.7 Å². The molecule has 0 atom stereocenters. The molecule has 0 fully saturated rings. The number of aryl methyl sites for hydroxylation is 1. The molecular weight excluding hydrogens is 360 g/mol. The summed E-state index contributed by atoms with van der Waals surface area (Å²) < 4.78 is 5.89. The van der Waals surface area contributed by atoms with Crippen LogP contribution in [0.5, 0.6) is 0 Å². The van der Waals surface area contributed by atoms with E-state index < -0.39 is 0 Å². The predicted octanol–water partition coefficient (Wildman–Crippen LogP) is 3.84. The number of anilines is 1. The van der Waals surface area contributed by atoms with Gasteiger partial charge in [-0.1, -0.05) is 26.0 Å². The molecule has 1 aliphatic rings. The fraction of sp³-hybridized carbons (Fsp3) is 0.350. The molecular formula is C20H24N4O2S. The summed E-state index contributed by atoms with van der Waals surface area (Å²) in [4.78, 5) is 12.7. The van der Waals surface area contributed by atoms with Gasteiger partial charge in [-0.05, 0) is 55.6 Å². The van der Waals surface area contributed by atoms with Gasteiger partial charge in [0.15, 0.2) is 10.9 Å². The fourth-order valence-electron chi connectivity index (χ4n) is 3.26. The number of amides is 1. The number of fused-ring (bicyclic) bond motifs is 1. The summed E-state index contributed by atoms with van der Waals surface area (Å²) >= 11 is 4.81. The third-order valence-corrected chi connectivity index (χ3v) is 4.76. The van der Waals surface area contributed by atoms with Gasteiger partial charge in [-0.15, -0.1) is 0 Å². The van der Waals surface area contributed by atoms with Crippen molar-refractivity contribution < 1.29 is 9.21 Å². The normalized spacial score (nSPS) is 14.9. The third-order valence-electron chi connectivity index (χ3n) is 4.67. The Balaban J connectivity index is 1.84. The van der Waals surface area contributed by atoms with Gasteiger partial charge >= 0.3 is 0 Å². The molecule has 142 valence electrons. The molecule has 0 unspecified atom stereocenters. The summed E-state index contributed by atoms with van der Waals surface area (Å²) in [5.41, 5.74) is 12.5. The van der Waals surface area contributed by atoms with Gasteiger partial charge in [0, 0.05) is 23.2 Å². The summed E-state index contributed by atoms with van der Waals surface area (Å²) in [7, 11) is 0. The van der Waals surface area contributed by atoms with E-state index in [1.54, 1.807) is 0 Å². The van der Waals surface area contributed by atoms with Crippen LogP contribution in [0.1, 0.15) is 65.6 Å². The second-order valence-electron chi connectivity index (χ2n) is 6.97. The first kappa shape index (κ1) is 19.1. The molecule has 0 bridgehead atoms. The maximum Gasteiger partial charge on any atom is 0.291 e. The van der Waals surface area contributed by atoms with Crippen molar-refractivity contribution in [1.82, 2.24) is 5.43 Å². The standard InChI is InChI=1S/C20H24N4O2S/c1-11(2)13-7-9-14(10-8-13)22-19(25)18-12(3)17-15(23-24-20(21)27)5-4-6-16(17)26-18/h7-11H,4-6H2,1-3H3,(H,22,25)(H3,21,24,27)/b23-15+. The monoisotopic (exact) mass is 384 g/mol. The van der Waals surface area contributed by atoms with Crippen LogP contribution in [0.3, 0.4) is 0 Å². The molecule has 1 amide bonds. The minimum absolute atomic E-state index is 0.110. The lowest BCUT2D eigenvalue weighted by Gasteiger charge is -2.13. The van der Waals surface area contributed by atoms with Gasteiger partial charge in [0.25, 0.3) is 5.91 Å². The van der Waals surface area contributed by atoms with Gasteiger partial charge in [-0.3, -0.25) is 10.2 Å². The number of hydrogen-bond acceptors (Lipinski definition) is 4. The van der Waals surface area contributed by atoms with Crippen molar-refractivity contribution in [3.05, 3.63) is 52.5 Å². The quantitative estimate of drug-likeness (QED) is 0.550. The number of hydrogen-bond donors (Lipinski definition) is 3. The van der Waals surface area contributed by atoms with E-state index in [0.717, 1.165) is 47.5 Å². The van der Waals surface area contributed by atoms with Crippen molar-refractivity contribution in [3.63, 3.8) is 0 Å². The number of thiocarbonyl (C=S) groups is 1. The van der Waals surface area contributed by atoms with Crippen molar-refractivity contribution in [2.24, 2.45) is 10.8 Å². The Morgan fingerprint density at radius 1 is 1.26 bits per heavy atom. The largest absolute Gasteiger partial charge is 0.455 e.